The maximum absolute atomic E-state index is 12.9. The molecule has 0 unspecified atom stereocenters. The minimum absolute atomic E-state index is 0.0173. The number of nitrogens with one attached hydrogen (secondary N) is 1. The van der Waals surface area contributed by atoms with Gasteiger partial charge >= 0.3 is 0 Å². The SMILES string of the molecule is O=C(CSc1nnc(-c2cccnc2)n1Cc1ccco1)NCC1(N2CCOCC2)CCCCC1. The summed E-state index contributed by atoms with van der Waals surface area (Å²) in [5.74, 6) is 1.79. The lowest BCUT2D eigenvalue weighted by molar-refractivity contribution is -0.119. The van der Waals surface area contributed by atoms with E-state index < -0.39 is 0 Å². The quantitative estimate of drug-likeness (QED) is 0.451. The molecule has 1 N–H and O–H groups in total. The Labute approximate surface area is 209 Å². The van der Waals surface area contributed by atoms with Gasteiger partial charge in [-0.3, -0.25) is 19.2 Å². The molecule has 0 spiro atoms. The molecule has 9 nitrogen and oxygen atoms in total. The molecule has 1 saturated carbocycles. The van der Waals surface area contributed by atoms with Crippen molar-refractivity contribution in [3.05, 3.63) is 48.7 Å². The summed E-state index contributed by atoms with van der Waals surface area (Å²) in [6.45, 7) is 4.60. The van der Waals surface area contributed by atoms with Crippen molar-refractivity contribution >= 4 is 17.7 Å². The van der Waals surface area contributed by atoms with Crippen molar-refractivity contribution in [3.8, 4) is 11.4 Å². The van der Waals surface area contributed by atoms with Gasteiger partial charge in [0, 0.05) is 43.1 Å². The molecule has 10 heteroatoms. The Balaban J connectivity index is 1.25. The minimum Gasteiger partial charge on any atom is -0.467 e. The molecule has 5 rings (SSSR count). The van der Waals surface area contributed by atoms with Crippen LogP contribution in [0.25, 0.3) is 11.4 Å². The van der Waals surface area contributed by atoms with Gasteiger partial charge < -0.3 is 14.5 Å². The number of ether oxygens (including phenoxy) is 1. The van der Waals surface area contributed by atoms with E-state index in [1.165, 1.54) is 31.0 Å². The Morgan fingerprint density at radius 2 is 1.97 bits per heavy atom. The fourth-order valence-corrected chi connectivity index (χ4v) is 5.87. The molecule has 2 fully saturated rings. The highest BCUT2D eigenvalue weighted by Crippen LogP contribution is 2.34. The predicted molar refractivity (Wildman–Crippen MR) is 133 cm³/mol. The van der Waals surface area contributed by atoms with Crippen LogP contribution in [0.4, 0.5) is 0 Å². The number of pyridine rings is 1. The minimum atomic E-state index is 0.0173. The average Bonchev–Trinajstić information content (AvgIpc) is 3.58. The first-order valence-electron chi connectivity index (χ1n) is 12.3. The van der Waals surface area contributed by atoms with Crippen molar-refractivity contribution in [2.45, 2.75) is 49.3 Å². The van der Waals surface area contributed by atoms with Crippen LogP contribution in [0.5, 0.6) is 0 Å². The maximum Gasteiger partial charge on any atom is 0.230 e. The zero-order valence-corrected chi connectivity index (χ0v) is 20.7. The van der Waals surface area contributed by atoms with Crippen molar-refractivity contribution in [3.63, 3.8) is 0 Å². The van der Waals surface area contributed by atoms with E-state index in [-0.39, 0.29) is 17.2 Å². The average molecular weight is 497 g/mol. The number of thioether (sulfide) groups is 1. The molecule has 0 atom stereocenters. The van der Waals surface area contributed by atoms with Gasteiger partial charge in [0.15, 0.2) is 11.0 Å². The van der Waals surface area contributed by atoms with Gasteiger partial charge in [-0.1, -0.05) is 31.0 Å². The normalized spacial score (nSPS) is 18.4. The van der Waals surface area contributed by atoms with Crippen molar-refractivity contribution < 1.29 is 13.9 Å². The summed E-state index contributed by atoms with van der Waals surface area (Å²) in [4.78, 5) is 19.7. The Morgan fingerprint density at radius 3 is 2.71 bits per heavy atom. The molecule has 4 heterocycles. The topological polar surface area (TPSA) is 98.3 Å². The van der Waals surface area contributed by atoms with E-state index in [0.29, 0.717) is 24.1 Å². The van der Waals surface area contributed by atoms with Crippen molar-refractivity contribution in [2.75, 3.05) is 38.6 Å². The largest absolute Gasteiger partial charge is 0.467 e. The van der Waals surface area contributed by atoms with E-state index in [2.05, 4.69) is 25.4 Å². The third-order valence-electron chi connectivity index (χ3n) is 6.94. The zero-order valence-electron chi connectivity index (χ0n) is 19.9. The maximum atomic E-state index is 12.9. The summed E-state index contributed by atoms with van der Waals surface area (Å²) in [5, 5.41) is 12.7. The van der Waals surface area contributed by atoms with E-state index in [9.17, 15) is 4.79 Å². The second-order valence-corrected chi connectivity index (χ2v) is 10.1. The number of hydrogen-bond acceptors (Lipinski definition) is 8. The summed E-state index contributed by atoms with van der Waals surface area (Å²) in [6, 6.07) is 7.60. The van der Waals surface area contributed by atoms with Crippen LogP contribution in [0.1, 0.15) is 37.9 Å². The van der Waals surface area contributed by atoms with Gasteiger partial charge in [0.05, 0.1) is 31.8 Å². The van der Waals surface area contributed by atoms with Crippen LogP contribution in [-0.4, -0.2) is 74.7 Å². The number of amides is 1. The van der Waals surface area contributed by atoms with Gasteiger partial charge in [-0.05, 0) is 37.1 Å². The highest BCUT2D eigenvalue weighted by Gasteiger charge is 2.38. The molecule has 1 aliphatic carbocycles. The second-order valence-electron chi connectivity index (χ2n) is 9.16. The predicted octanol–water partition coefficient (Wildman–Crippen LogP) is 3.22. The van der Waals surface area contributed by atoms with Gasteiger partial charge in [-0.25, -0.2) is 0 Å². The highest BCUT2D eigenvalue weighted by atomic mass is 32.2. The molecule has 3 aromatic rings. The van der Waals surface area contributed by atoms with Crippen LogP contribution in [0, 0.1) is 0 Å². The highest BCUT2D eigenvalue weighted by molar-refractivity contribution is 7.99. The number of nitrogens with zero attached hydrogens (tertiary/aromatic N) is 5. The molecule has 1 aliphatic heterocycles. The summed E-state index contributed by atoms with van der Waals surface area (Å²) >= 11 is 1.40. The van der Waals surface area contributed by atoms with Crippen LogP contribution >= 0.6 is 11.8 Å². The number of carbonyl (C=O) groups excluding carboxylic acids is 1. The first-order chi connectivity index (χ1) is 17.2. The summed E-state index contributed by atoms with van der Waals surface area (Å²) < 4.78 is 13.1. The van der Waals surface area contributed by atoms with Crippen molar-refractivity contribution in [1.29, 1.82) is 0 Å². The van der Waals surface area contributed by atoms with Gasteiger partial charge in [-0.2, -0.15) is 0 Å². The first kappa shape index (κ1) is 24.0. The Hall–Kier alpha value is -2.69. The van der Waals surface area contributed by atoms with Crippen LogP contribution < -0.4 is 5.32 Å². The third kappa shape index (κ3) is 5.76. The lowest BCUT2D eigenvalue weighted by Crippen LogP contribution is -2.59. The summed E-state index contributed by atoms with van der Waals surface area (Å²) in [6.07, 6.45) is 11.1. The molecule has 35 heavy (non-hydrogen) atoms. The standard InChI is InChI=1S/C25H32N6O3S/c32-22(27-19-25(8-2-1-3-9-25)30-11-14-33-15-12-30)18-35-24-29-28-23(20-6-4-10-26-16-20)31(24)17-21-7-5-13-34-21/h4-7,10,13,16H,1-3,8-9,11-12,14-15,17-19H2,(H,27,32). The number of carbonyl (C=O) groups is 1. The third-order valence-corrected chi connectivity index (χ3v) is 7.91. The fourth-order valence-electron chi connectivity index (χ4n) is 5.10. The summed E-state index contributed by atoms with van der Waals surface area (Å²) in [7, 11) is 0. The molecule has 2 aliphatic rings. The van der Waals surface area contributed by atoms with E-state index in [1.807, 2.05) is 28.8 Å². The number of furan rings is 1. The van der Waals surface area contributed by atoms with Crippen LogP contribution in [0.2, 0.25) is 0 Å². The molecule has 1 amide bonds. The smallest absolute Gasteiger partial charge is 0.230 e. The molecular formula is C25H32N6O3S. The molecule has 1 saturated heterocycles. The Kier molecular flexibility index (Phi) is 7.80. The van der Waals surface area contributed by atoms with Gasteiger partial charge in [-0.15, -0.1) is 10.2 Å². The molecule has 0 aromatic carbocycles. The van der Waals surface area contributed by atoms with Gasteiger partial charge in [0.25, 0.3) is 0 Å². The van der Waals surface area contributed by atoms with Crippen molar-refractivity contribution in [1.82, 2.24) is 30.0 Å². The molecular weight excluding hydrogens is 464 g/mol. The molecule has 0 bridgehead atoms. The number of aromatic nitrogens is 4. The summed E-state index contributed by atoms with van der Waals surface area (Å²) in [5.41, 5.74) is 0.919. The number of morpholine rings is 1. The molecule has 186 valence electrons. The second kappa shape index (κ2) is 11.4. The Morgan fingerprint density at radius 1 is 1.11 bits per heavy atom. The molecule has 0 radical (unpaired) electrons. The van der Waals surface area contributed by atoms with E-state index in [4.69, 9.17) is 9.15 Å². The molecule has 3 aromatic heterocycles. The van der Waals surface area contributed by atoms with E-state index in [0.717, 1.165) is 50.5 Å². The number of hydrogen-bond donors (Lipinski definition) is 1. The first-order valence-corrected chi connectivity index (χ1v) is 13.3. The monoisotopic (exact) mass is 496 g/mol. The van der Waals surface area contributed by atoms with E-state index >= 15 is 0 Å². The van der Waals surface area contributed by atoms with Crippen LogP contribution in [-0.2, 0) is 16.1 Å². The van der Waals surface area contributed by atoms with Crippen LogP contribution in [0.3, 0.4) is 0 Å². The van der Waals surface area contributed by atoms with E-state index in [1.54, 1.807) is 18.7 Å². The fraction of sp³-hybridized carbons (Fsp3) is 0.520. The van der Waals surface area contributed by atoms with Crippen LogP contribution in [0.15, 0.2) is 52.5 Å². The van der Waals surface area contributed by atoms with Gasteiger partial charge in [0.1, 0.15) is 5.76 Å². The number of rotatable bonds is 9. The lowest BCUT2D eigenvalue weighted by atomic mass is 9.79. The Bertz CT molecular complexity index is 1080. The van der Waals surface area contributed by atoms with Crippen molar-refractivity contribution in [2.24, 2.45) is 0 Å². The lowest BCUT2D eigenvalue weighted by Gasteiger charge is -2.48. The van der Waals surface area contributed by atoms with Gasteiger partial charge in [0.2, 0.25) is 5.91 Å². The zero-order chi connectivity index (χ0) is 23.9.